The predicted molar refractivity (Wildman–Crippen MR) is 78.5 cm³/mol. The van der Waals surface area contributed by atoms with E-state index in [0.717, 1.165) is 25.8 Å². The molecule has 1 aromatic heterocycles. The SMILES string of the molecule is CCCNC(C(CC)OC)C1CCc2cccnc21. The Bertz CT molecular complexity index is 390. The molecule has 19 heavy (non-hydrogen) atoms. The summed E-state index contributed by atoms with van der Waals surface area (Å²) in [5, 5.41) is 3.69. The Morgan fingerprint density at radius 2 is 2.32 bits per heavy atom. The zero-order chi connectivity index (χ0) is 13.7. The number of pyridine rings is 1. The van der Waals surface area contributed by atoms with Crippen molar-refractivity contribution < 1.29 is 4.74 Å². The van der Waals surface area contributed by atoms with Gasteiger partial charge in [-0.1, -0.05) is 19.9 Å². The largest absolute Gasteiger partial charge is 0.380 e. The molecule has 1 aliphatic rings. The minimum absolute atomic E-state index is 0.268. The van der Waals surface area contributed by atoms with E-state index >= 15 is 0 Å². The molecule has 1 aromatic rings. The first kappa shape index (κ1) is 14.5. The van der Waals surface area contributed by atoms with Gasteiger partial charge in [0.05, 0.1) is 6.10 Å². The molecule has 0 spiro atoms. The molecule has 0 saturated carbocycles. The van der Waals surface area contributed by atoms with Crippen LogP contribution in [0.25, 0.3) is 0 Å². The second kappa shape index (κ2) is 7.01. The fraction of sp³-hybridized carbons (Fsp3) is 0.688. The summed E-state index contributed by atoms with van der Waals surface area (Å²) in [6.45, 7) is 5.45. The normalized spacial score (nSPS) is 21.1. The third-order valence-electron chi connectivity index (χ3n) is 4.17. The highest BCUT2D eigenvalue weighted by Crippen LogP contribution is 2.35. The number of hydrogen-bond donors (Lipinski definition) is 1. The van der Waals surface area contributed by atoms with Crippen LogP contribution < -0.4 is 5.32 Å². The first-order chi connectivity index (χ1) is 9.31. The Morgan fingerprint density at radius 1 is 1.47 bits per heavy atom. The van der Waals surface area contributed by atoms with Crippen molar-refractivity contribution in [3.05, 3.63) is 29.6 Å². The number of nitrogens with one attached hydrogen (secondary N) is 1. The topological polar surface area (TPSA) is 34.1 Å². The van der Waals surface area contributed by atoms with Crippen LogP contribution in [0, 0.1) is 0 Å². The van der Waals surface area contributed by atoms with Gasteiger partial charge in [-0.05, 0) is 43.9 Å². The Hall–Kier alpha value is -0.930. The molecule has 1 aliphatic carbocycles. The molecule has 0 saturated heterocycles. The molecule has 2 rings (SSSR count). The highest BCUT2D eigenvalue weighted by molar-refractivity contribution is 5.30. The Kier molecular flexibility index (Phi) is 5.34. The van der Waals surface area contributed by atoms with Crippen molar-refractivity contribution in [2.45, 2.75) is 57.6 Å². The molecule has 0 amide bonds. The lowest BCUT2D eigenvalue weighted by atomic mass is 9.91. The average Bonchev–Trinajstić information content (AvgIpc) is 2.87. The van der Waals surface area contributed by atoms with E-state index in [0.29, 0.717) is 12.0 Å². The zero-order valence-corrected chi connectivity index (χ0v) is 12.4. The Labute approximate surface area is 116 Å². The number of fused-ring (bicyclic) bond motifs is 1. The van der Waals surface area contributed by atoms with Crippen molar-refractivity contribution in [3.8, 4) is 0 Å². The van der Waals surface area contributed by atoms with Gasteiger partial charge in [0.1, 0.15) is 0 Å². The lowest BCUT2D eigenvalue weighted by Crippen LogP contribution is -2.45. The molecule has 106 valence electrons. The van der Waals surface area contributed by atoms with Crippen LogP contribution in [0.1, 0.15) is 50.3 Å². The summed E-state index contributed by atoms with van der Waals surface area (Å²) in [5.74, 6) is 0.493. The summed E-state index contributed by atoms with van der Waals surface area (Å²) >= 11 is 0. The molecule has 0 bridgehead atoms. The third-order valence-corrected chi connectivity index (χ3v) is 4.17. The maximum atomic E-state index is 5.70. The van der Waals surface area contributed by atoms with Crippen LogP contribution in [0.4, 0.5) is 0 Å². The second-order valence-electron chi connectivity index (χ2n) is 5.36. The maximum absolute atomic E-state index is 5.70. The van der Waals surface area contributed by atoms with Crippen LogP contribution >= 0.6 is 0 Å². The number of aromatic nitrogens is 1. The maximum Gasteiger partial charge on any atom is 0.0728 e. The Balaban J connectivity index is 2.19. The van der Waals surface area contributed by atoms with Gasteiger partial charge in [0, 0.05) is 31.0 Å². The van der Waals surface area contributed by atoms with Gasteiger partial charge in [0.15, 0.2) is 0 Å². The molecule has 0 aromatic carbocycles. The number of methoxy groups -OCH3 is 1. The molecule has 0 aliphatic heterocycles. The van der Waals surface area contributed by atoms with Crippen LogP contribution in [0.5, 0.6) is 0 Å². The number of nitrogens with zero attached hydrogens (tertiary/aromatic N) is 1. The van der Waals surface area contributed by atoms with E-state index < -0.39 is 0 Å². The summed E-state index contributed by atoms with van der Waals surface area (Å²) in [6.07, 6.45) is 6.72. The molecule has 0 fully saturated rings. The first-order valence-corrected chi connectivity index (χ1v) is 7.51. The van der Waals surface area contributed by atoms with Gasteiger partial charge in [-0.15, -0.1) is 0 Å². The molecule has 1 N–H and O–H groups in total. The van der Waals surface area contributed by atoms with Gasteiger partial charge in [0.2, 0.25) is 0 Å². The Morgan fingerprint density at radius 3 is 3.00 bits per heavy atom. The molecule has 3 atom stereocenters. The summed E-state index contributed by atoms with van der Waals surface area (Å²) in [7, 11) is 1.82. The average molecular weight is 262 g/mol. The van der Waals surface area contributed by atoms with Crippen molar-refractivity contribution in [3.63, 3.8) is 0 Å². The predicted octanol–water partition coefficient (Wildman–Crippen LogP) is 2.90. The summed E-state index contributed by atoms with van der Waals surface area (Å²) in [4.78, 5) is 4.63. The molecular weight excluding hydrogens is 236 g/mol. The minimum atomic E-state index is 0.268. The standard InChI is InChI=1S/C16H26N2O/c1-4-10-17-16(14(5-2)19-3)13-9-8-12-7-6-11-18-15(12)13/h6-7,11,13-14,16-17H,4-5,8-10H2,1-3H3. The van der Waals surface area contributed by atoms with E-state index in [4.69, 9.17) is 4.74 Å². The highest BCUT2D eigenvalue weighted by atomic mass is 16.5. The molecule has 3 heteroatoms. The van der Waals surface area contributed by atoms with Crippen LogP contribution in [-0.2, 0) is 11.2 Å². The van der Waals surface area contributed by atoms with Crippen LogP contribution in [-0.4, -0.2) is 30.8 Å². The van der Waals surface area contributed by atoms with E-state index in [2.05, 4.69) is 30.2 Å². The molecule has 3 nitrogen and oxygen atoms in total. The van der Waals surface area contributed by atoms with E-state index in [1.54, 1.807) is 0 Å². The van der Waals surface area contributed by atoms with Crippen molar-refractivity contribution >= 4 is 0 Å². The van der Waals surface area contributed by atoms with Gasteiger partial charge in [-0.2, -0.15) is 0 Å². The van der Waals surface area contributed by atoms with Gasteiger partial charge in [-0.3, -0.25) is 4.98 Å². The molecule has 3 unspecified atom stereocenters. The lowest BCUT2D eigenvalue weighted by molar-refractivity contribution is 0.0556. The summed E-state index contributed by atoms with van der Waals surface area (Å²) in [6, 6.07) is 4.64. The minimum Gasteiger partial charge on any atom is -0.380 e. The number of rotatable bonds is 7. The van der Waals surface area contributed by atoms with Crippen LogP contribution in [0.3, 0.4) is 0 Å². The van der Waals surface area contributed by atoms with Gasteiger partial charge >= 0.3 is 0 Å². The lowest BCUT2D eigenvalue weighted by Gasteiger charge is -2.31. The van der Waals surface area contributed by atoms with E-state index in [9.17, 15) is 0 Å². The van der Waals surface area contributed by atoms with E-state index in [-0.39, 0.29) is 6.10 Å². The fourth-order valence-corrected chi connectivity index (χ4v) is 3.20. The monoisotopic (exact) mass is 262 g/mol. The zero-order valence-electron chi connectivity index (χ0n) is 12.4. The number of ether oxygens (including phenoxy) is 1. The van der Waals surface area contributed by atoms with E-state index in [1.807, 2.05) is 19.4 Å². The third kappa shape index (κ3) is 3.15. The van der Waals surface area contributed by atoms with Crippen LogP contribution in [0.2, 0.25) is 0 Å². The van der Waals surface area contributed by atoms with Crippen LogP contribution in [0.15, 0.2) is 18.3 Å². The van der Waals surface area contributed by atoms with Crippen molar-refractivity contribution in [2.24, 2.45) is 0 Å². The molecule has 1 heterocycles. The van der Waals surface area contributed by atoms with Gasteiger partial charge in [-0.25, -0.2) is 0 Å². The number of hydrogen-bond acceptors (Lipinski definition) is 3. The van der Waals surface area contributed by atoms with E-state index in [1.165, 1.54) is 17.7 Å². The number of aryl methyl sites for hydroxylation is 1. The molecular formula is C16H26N2O. The quantitative estimate of drug-likeness (QED) is 0.820. The fourth-order valence-electron chi connectivity index (χ4n) is 3.20. The van der Waals surface area contributed by atoms with Gasteiger partial charge in [0.25, 0.3) is 0 Å². The molecule has 0 radical (unpaired) electrons. The van der Waals surface area contributed by atoms with Crippen molar-refractivity contribution in [2.75, 3.05) is 13.7 Å². The van der Waals surface area contributed by atoms with Crippen molar-refractivity contribution in [1.82, 2.24) is 10.3 Å². The van der Waals surface area contributed by atoms with Crippen molar-refractivity contribution in [1.29, 1.82) is 0 Å². The smallest absolute Gasteiger partial charge is 0.0728 e. The van der Waals surface area contributed by atoms with Gasteiger partial charge < -0.3 is 10.1 Å². The summed E-state index contributed by atoms with van der Waals surface area (Å²) in [5.41, 5.74) is 2.70. The highest BCUT2D eigenvalue weighted by Gasteiger charge is 2.34. The first-order valence-electron chi connectivity index (χ1n) is 7.51. The second-order valence-corrected chi connectivity index (χ2v) is 5.36. The summed E-state index contributed by atoms with van der Waals surface area (Å²) < 4.78 is 5.70.